The lowest BCUT2D eigenvalue weighted by molar-refractivity contribution is -0.121. The Morgan fingerprint density at radius 2 is 1.66 bits per heavy atom. The van der Waals surface area contributed by atoms with Gasteiger partial charge >= 0.3 is 0 Å². The van der Waals surface area contributed by atoms with Crippen LogP contribution in [-0.4, -0.2) is 68.5 Å². The van der Waals surface area contributed by atoms with Gasteiger partial charge in [0.05, 0.1) is 30.5 Å². The molecule has 7 heteroatoms. The summed E-state index contributed by atoms with van der Waals surface area (Å²) in [6.45, 7) is 9.28. The van der Waals surface area contributed by atoms with Crippen LogP contribution in [0.4, 0.5) is 0 Å². The van der Waals surface area contributed by atoms with Gasteiger partial charge in [-0.15, -0.1) is 0 Å². The van der Waals surface area contributed by atoms with Crippen LogP contribution in [0.25, 0.3) is 0 Å². The van der Waals surface area contributed by atoms with Crippen molar-refractivity contribution in [2.45, 2.75) is 116 Å². The Balaban J connectivity index is 4.62. The molecule has 7 nitrogen and oxygen atoms in total. The summed E-state index contributed by atoms with van der Waals surface area (Å²) in [6, 6.07) is 0. The SMILES string of the molecule is CCCCC[C@H](O)/C=C/[C@H]([C@@H](C/C=C\CCCC(=O)NCCC(/C=C\CO)=C/C(C)(C)O)[C@H](C)O)[C@@H](C)O. The Hall–Kier alpha value is -1.77. The van der Waals surface area contributed by atoms with Gasteiger partial charge < -0.3 is 30.8 Å². The minimum atomic E-state index is -0.973. The highest BCUT2D eigenvalue weighted by molar-refractivity contribution is 5.75. The van der Waals surface area contributed by atoms with E-state index in [0.29, 0.717) is 38.6 Å². The van der Waals surface area contributed by atoms with Gasteiger partial charge in [0.15, 0.2) is 0 Å². The van der Waals surface area contributed by atoms with Crippen molar-refractivity contribution in [2.75, 3.05) is 13.2 Å². The monoisotopic (exact) mass is 537 g/mol. The second-order valence-electron chi connectivity index (χ2n) is 10.8. The van der Waals surface area contributed by atoms with Gasteiger partial charge in [-0.3, -0.25) is 4.79 Å². The average molecular weight is 538 g/mol. The second-order valence-corrected chi connectivity index (χ2v) is 10.8. The molecule has 0 spiro atoms. The molecule has 0 aliphatic rings. The second kappa shape index (κ2) is 21.1. The standard InChI is InChI=1S/C31H55NO6/c1-6-7-10-15-27(36)18-19-29(25(3)35)28(24(2)34)16-11-8-9-12-17-30(37)32-21-20-26(14-13-22-33)23-31(4,5)38/h8,11,13-14,18-19,23-25,27-29,33-36,38H,6-7,9-10,12,15-17,20-22H2,1-5H3,(H,32,37)/b11-8-,14-13-,19-18+,26-23+/t24-,25+,27-,28-,29-/m0/s1. The largest absolute Gasteiger partial charge is 0.393 e. The van der Waals surface area contributed by atoms with Crippen molar-refractivity contribution in [2.24, 2.45) is 11.8 Å². The van der Waals surface area contributed by atoms with Crippen molar-refractivity contribution in [3.63, 3.8) is 0 Å². The highest BCUT2D eigenvalue weighted by atomic mass is 16.3. The summed E-state index contributed by atoms with van der Waals surface area (Å²) >= 11 is 0. The quantitative estimate of drug-likeness (QED) is 0.0734. The number of unbranched alkanes of at least 4 members (excludes halogenated alkanes) is 3. The molecule has 0 saturated carbocycles. The van der Waals surface area contributed by atoms with Gasteiger partial charge in [-0.2, -0.15) is 0 Å². The first-order valence-electron chi connectivity index (χ1n) is 14.3. The number of hydrogen-bond acceptors (Lipinski definition) is 6. The number of aliphatic hydroxyl groups excluding tert-OH is 4. The number of aliphatic hydroxyl groups is 5. The van der Waals surface area contributed by atoms with Crippen molar-refractivity contribution in [3.8, 4) is 0 Å². The third-order valence-electron chi connectivity index (χ3n) is 6.39. The fourth-order valence-electron chi connectivity index (χ4n) is 4.34. The molecule has 0 rings (SSSR count). The van der Waals surface area contributed by atoms with Crippen LogP contribution in [0.2, 0.25) is 0 Å². The van der Waals surface area contributed by atoms with Gasteiger partial charge in [-0.1, -0.05) is 68.7 Å². The molecule has 5 atom stereocenters. The van der Waals surface area contributed by atoms with E-state index < -0.39 is 23.9 Å². The number of nitrogens with one attached hydrogen (secondary N) is 1. The number of carbonyl (C=O) groups is 1. The summed E-state index contributed by atoms with van der Waals surface area (Å²) in [5, 5.41) is 52.7. The maximum Gasteiger partial charge on any atom is 0.220 e. The Bertz CT molecular complexity index is 733. The minimum absolute atomic E-state index is 0.0363. The maximum atomic E-state index is 12.2. The van der Waals surface area contributed by atoms with Crippen LogP contribution in [-0.2, 0) is 4.79 Å². The fourth-order valence-corrected chi connectivity index (χ4v) is 4.34. The van der Waals surface area contributed by atoms with E-state index in [1.54, 1.807) is 52.0 Å². The maximum absolute atomic E-state index is 12.2. The van der Waals surface area contributed by atoms with Crippen LogP contribution >= 0.6 is 0 Å². The Morgan fingerprint density at radius 1 is 0.947 bits per heavy atom. The van der Waals surface area contributed by atoms with E-state index in [0.717, 1.165) is 31.3 Å². The summed E-state index contributed by atoms with van der Waals surface area (Å²) < 4.78 is 0. The van der Waals surface area contributed by atoms with Crippen LogP contribution in [0.15, 0.2) is 48.1 Å². The first-order valence-corrected chi connectivity index (χ1v) is 14.3. The van der Waals surface area contributed by atoms with Gasteiger partial charge in [0, 0.05) is 18.9 Å². The van der Waals surface area contributed by atoms with Crippen molar-refractivity contribution in [1.82, 2.24) is 5.32 Å². The van der Waals surface area contributed by atoms with Gasteiger partial charge in [-0.25, -0.2) is 0 Å². The smallest absolute Gasteiger partial charge is 0.220 e. The highest BCUT2D eigenvalue weighted by Crippen LogP contribution is 2.26. The van der Waals surface area contributed by atoms with Crippen LogP contribution in [0.1, 0.15) is 92.4 Å². The van der Waals surface area contributed by atoms with Crippen LogP contribution in [0.3, 0.4) is 0 Å². The highest BCUT2D eigenvalue weighted by Gasteiger charge is 2.26. The molecule has 0 radical (unpaired) electrons. The van der Waals surface area contributed by atoms with E-state index in [1.807, 2.05) is 18.2 Å². The first kappa shape index (κ1) is 36.2. The molecular formula is C31H55NO6. The zero-order valence-corrected chi connectivity index (χ0v) is 24.4. The summed E-state index contributed by atoms with van der Waals surface area (Å²) in [5.74, 6) is -0.487. The van der Waals surface area contributed by atoms with E-state index in [-0.39, 0.29) is 24.3 Å². The Kier molecular flexibility index (Phi) is 20.1. The predicted molar refractivity (Wildman–Crippen MR) is 155 cm³/mol. The molecule has 0 saturated heterocycles. The molecule has 0 fully saturated rings. The van der Waals surface area contributed by atoms with E-state index in [2.05, 4.69) is 12.2 Å². The first-order chi connectivity index (χ1) is 17.9. The van der Waals surface area contributed by atoms with Crippen LogP contribution < -0.4 is 5.32 Å². The number of hydrogen-bond donors (Lipinski definition) is 6. The molecule has 38 heavy (non-hydrogen) atoms. The lowest BCUT2D eigenvalue weighted by atomic mass is 9.81. The zero-order valence-electron chi connectivity index (χ0n) is 24.4. The van der Waals surface area contributed by atoms with E-state index in [4.69, 9.17) is 5.11 Å². The number of allylic oxidation sites excluding steroid dienone is 3. The molecule has 220 valence electrons. The molecule has 1 amide bonds. The van der Waals surface area contributed by atoms with Crippen LogP contribution in [0, 0.1) is 11.8 Å². The molecular weight excluding hydrogens is 482 g/mol. The normalized spacial score (nSPS) is 17.3. The number of amides is 1. The molecule has 0 aliphatic heterocycles. The summed E-state index contributed by atoms with van der Waals surface area (Å²) in [5.41, 5.74) is -0.127. The lowest BCUT2D eigenvalue weighted by Crippen LogP contribution is -2.31. The Morgan fingerprint density at radius 3 is 2.24 bits per heavy atom. The molecule has 0 aromatic heterocycles. The van der Waals surface area contributed by atoms with E-state index in [1.165, 1.54) is 0 Å². The van der Waals surface area contributed by atoms with Crippen molar-refractivity contribution < 1.29 is 30.3 Å². The molecule has 0 aliphatic carbocycles. The third kappa shape index (κ3) is 19.3. The van der Waals surface area contributed by atoms with Crippen molar-refractivity contribution in [1.29, 1.82) is 0 Å². The van der Waals surface area contributed by atoms with E-state index >= 15 is 0 Å². The van der Waals surface area contributed by atoms with Gasteiger partial charge in [-0.05, 0) is 71.3 Å². The summed E-state index contributed by atoms with van der Waals surface area (Å²) in [4.78, 5) is 12.2. The molecule has 0 heterocycles. The molecule has 0 aromatic carbocycles. The van der Waals surface area contributed by atoms with Crippen molar-refractivity contribution in [3.05, 3.63) is 48.1 Å². The molecule has 0 unspecified atom stereocenters. The van der Waals surface area contributed by atoms with Gasteiger partial charge in [0.1, 0.15) is 0 Å². The van der Waals surface area contributed by atoms with Crippen LogP contribution in [0.5, 0.6) is 0 Å². The fraction of sp³-hybridized carbons (Fsp3) is 0.710. The predicted octanol–water partition coefficient (Wildman–Crippen LogP) is 4.35. The minimum Gasteiger partial charge on any atom is -0.393 e. The Labute approximate surface area is 231 Å². The number of rotatable bonds is 21. The molecule has 0 aromatic rings. The van der Waals surface area contributed by atoms with Crippen molar-refractivity contribution >= 4 is 5.91 Å². The van der Waals surface area contributed by atoms with Gasteiger partial charge in [0.25, 0.3) is 0 Å². The summed E-state index contributed by atoms with van der Waals surface area (Å²) in [7, 11) is 0. The lowest BCUT2D eigenvalue weighted by Gasteiger charge is -2.29. The average Bonchev–Trinajstić information content (AvgIpc) is 2.82. The molecule has 6 N–H and O–H groups in total. The molecule has 0 bridgehead atoms. The number of carbonyl (C=O) groups excluding carboxylic acids is 1. The van der Waals surface area contributed by atoms with E-state index in [9.17, 15) is 25.2 Å². The zero-order chi connectivity index (χ0) is 29.0. The summed E-state index contributed by atoms with van der Waals surface area (Å²) in [6.07, 6.45) is 17.7. The third-order valence-corrected chi connectivity index (χ3v) is 6.39. The topological polar surface area (TPSA) is 130 Å². The van der Waals surface area contributed by atoms with Gasteiger partial charge in [0.2, 0.25) is 5.91 Å².